The number of benzene rings is 1. The Morgan fingerprint density at radius 3 is 2.38 bits per heavy atom. The van der Waals surface area contributed by atoms with Gasteiger partial charge in [0.15, 0.2) is 9.84 Å². The van der Waals surface area contributed by atoms with E-state index in [-0.39, 0.29) is 29.8 Å². The molecule has 2 aliphatic rings. The predicted molar refractivity (Wildman–Crippen MR) is 97.1 cm³/mol. The van der Waals surface area contributed by atoms with E-state index in [1.165, 1.54) is 0 Å². The first-order chi connectivity index (χ1) is 11.0. The Hall–Kier alpha value is -1.11. The Morgan fingerprint density at radius 1 is 1.12 bits per heavy atom. The maximum atomic E-state index is 12.3. The monoisotopic (exact) mass is 372 g/mol. The normalized spacial score (nSPS) is 22.9. The van der Waals surface area contributed by atoms with Gasteiger partial charge in [0.05, 0.1) is 5.75 Å². The molecule has 2 aliphatic heterocycles. The molecule has 2 fully saturated rings. The molecule has 2 saturated heterocycles. The van der Waals surface area contributed by atoms with Gasteiger partial charge in [-0.25, -0.2) is 8.42 Å². The highest BCUT2D eigenvalue weighted by molar-refractivity contribution is 7.92. The Morgan fingerprint density at radius 2 is 1.75 bits per heavy atom. The van der Waals surface area contributed by atoms with Crippen LogP contribution >= 0.6 is 12.4 Å². The number of halogens is 1. The van der Waals surface area contributed by atoms with E-state index in [2.05, 4.69) is 5.32 Å². The summed E-state index contributed by atoms with van der Waals surface area (Å²) in [5.41, 5.74) is 1.13. The highest BCUT2D eigenvalue weighted by Gasteiger charge is 2.38. The summed E-state index contributed by atoms with van der Waals surface area (Å²) < 4.78 is 24.3. The van der Waals surface area contributed by atoms with Crippen molar-refractivity contribution in [3.05, 3.63) is 35.9 Å². The number of fused-ring (bicyclic) bond motifs is 1. The number of nitrogens with one attached hydrogen (secondary N) is 1. The molecule has 24 heavy (non-hydrogen) atoms. The van der Waals surface area contributed by atoms with Gasteiger partial charge >= 0.3 is 0 Å². The minimum Gasteiger partial charge on any atom is -0.341 e. The molecule has 3 rings (SSSR count). The number of sulfone groups is 1. The third-order valence-corrected chi connectivity index (χ3v) is 6.45. The molecule has 1 amide bonds. The van der Waals surface area contributed by atoms with Crippen LogP contribution in [0.4, 0.5) is 0 Å². The zero-order chi connectivity index (χ0) is 16.3. The van der Waals surface area contributed by atoms with Crippen molar-refractivity contribution in [2.45, 2.75) is 12.8 Å². The van der Waals surface area contributed by atoms with Crippen LogP contribution in [0.5, 0.6) is 0 Å². The topological polar surface area (TPSA) is 66.5 Å². The first-order valence-corrected chi connectivity index (χ1v) is 10.1. The van der Waals surface area contributed by atoms with Gasteiger partial charge in [0.1, 0.15) is 5.75 Å². The summed E-state index contributed by atoms with van der Waals surface area (Å²) in [5, 5.41) is 3.32. The number of rotatable bonds is 6. The average molecular weight is 373 g/mol. The summed E-state index contributed by atoms with van der Waals surface area (Å²) in [6.07, 6.45) is 1.29. The fourth-order valence-corrected chi connectivity index (χ4v) is 4.84. The average Bonchev–Trinajstić information content (AvgIpc) is 3.09. The lowest BCUT2D eigenvalue weighted by Gasteiger charge is -2.17. The summed E-state index contributed by atoms with van der Waals surface area (Å²) in [6.45, 7) is 3.29. The van der Waals surface area contributed by atoms with Gasteiger partial charge in [-0.15, -0.1) is 12.4 Å². The van der Waals surface area contributed by atoms with Gasteiger partial charge in [-0.2, -0.15) is 0 Å². The number of hydrogen-bond acceptors (Lipinski definition) is 4. The number of carbonyl (C=O) groups is 1. The third-order valence-electron chi connectivity index (χ3n) is 4.85. The number of likely N-dealkylation sites (tertiary alicyclic amines) is 1. The Labute approximate surface area is 150 Å². The summed E-state index contributed by atoms with van der Waals surface area (Å²) in [6, 6.07) is 9.84. The Bertz CT molecular complexity index is 639. The zero-order valence-corrected chi connectivity index (χ0v) is 15.3. The van der Waals surface area contributed by atoms with Crippen molar-refractivity contribution in [3.63, 3.8) is 0 Å². The molecular formula is C17H25ClN2O3S. The van der Waals surface area contributed by atoms with Gasteiger partial charge in [0.25, 0.3) is 0 Å². The maximum absolute atomic E-state index is 12.3. The fourth-order valence-electron chi connectivity index (χ4n) is 3.55. The minimum absolute atomic E-state index is 0. The van der Waals surface area contributed by atoms with Gasteiger partial charge in [-0.1, -0.05) is 30.3 Å². The molecule has 0 spiro atoms. The molecule has 1 aromatic rings. The maximum Gasteiger partial charge on any atom is 0.237 e. The summed E-state index contributed by atoms with van der Waals surface area (Å²) in [4.78, 5) is 14.0. The quantitative estimate of drug-likeness (QED) is 0.813. The molecule has 1 aromatic carbocycles. The molecule has 0 aliphatic carbocycles. The molecule has 1 N–H and O–H groups in total. The van der Waals surface area contributed by atoms with Crippen LogP contribution in [0.25, 0.3) is 0 Å². The molecule has 0 aromatic heterocycles. The molecule has 0 radical (unpaired) electrons. The van der Waals surface area contributed by atoms with Crippen molar-refractivity contribution in [2.75, 3.05) is 37.7 Å². The van der Waals surface area contributed by atoms with E-state index in [4.69, 9.17) is 0 Å². The van der Waals surface area contributed by atoms with E-state index in [1.54, 1.807) is 4.90 Å². The Kier molecular flexibility index (Phi) is 6.66. The number of hydrogen-bond donors (Lipinski definition) is 1. The van der Waals surface area contributed by atoms with Crippen LogP contribution in [0.3, 0.4) is 0 Å². The van der Waals surface area contributed by atoms with Crippen LogP contribution in [-0.2, 0) is 21.1 Å². The van der Waals surface area contributed by atoms with Crippen LogP contribution in [-0.4, -0.2) is 56.9 Å². The minimum atomic E-state index is -3.32. The lowest BCUT2D eigenvalue weighted by Crippen LogP contribution is -2.36. The second kappa shape index (κ2) is 8.32. The van der Waals surface area contributed by atoms with Crippen molar-refractivity contribution < 1.29 is 13.2 Å². The van der Waals surface area contributed by atoms with Gasteiger partial charge < -0.3 is 10.2 Å². The van der Waals surface area contributed by atoms with E-state index in [0.717, 1.165) is 25.1 Å². The number of carbonyl (C=O) groups excluding carboxylic acids is 1. The van der Waals surface area contributed by atoms with Gasteiger partial charge in [0, 0.05) is 26.2 Å². The molecule has 0 unspecified atom stereocenters. The van der Waals surface area contributed by atoms with Crippen LogP contribution in [0.1, 0.15) is 12.0 Å². The molecule has 5 nitrogen and oxygen atoms in total. The number of aryl methyl sites for hydroxylation is 1. The molecule has 0 saturated carbocycles. The number of nitrogens with zero attached hydrogens (tertiary/aromatic N) is 1. The van der Waals surface area contributed by atoms with Crippen molar-refractivity contribution in [3.8, 4) is 0 Å². The molecule has 0 bridgehead atoms. The summed E-state index contributed by atoms with van der Waals surface area (Å²) in [7, 11) is -3.32. The SMILES string of the molecule is Cl.O=C(CS(=O)(=O)CCCc1ccccc1)N1C[C@H]2CNC[C@H]2C1. The standard InChI is InChI=1S/C17H24N2O3S.ClH/c20-17(19-11-15-9-18-10-16(15)12-19)13-23(21,22)8-4-7-14-5-2-1-3-6-14;/h1-3,5-6,15-16,18H,4,7-13H2;1H/t15-,16+;. The molecule has 7 heteroatoms. The van der Waals surface area contributed by atoms with Crippen LogP contribution in [0.15, 0.2) is 30.3 Å². The van der Waals surface area contributed by atoms with Gasteiger partial charge in [-0.3, -0.25) is 4.79 Å². The predicted octanol–water partition coefficient (Wildman–Crippen LogP) is 1.13. The summed E-state index contributed by atoms with van der Waals surface area (Å²) in [5.74, 6) is 0.517. The van der Waals surface area contributed by atoms with Crippen molar-refractivity contribution in [2.24, 2.45) is 11.8 Å². The fraction of sp³-hybridized carbons (Fsp3) is 0.588. The summed E-state index contributed by atoms with van der Waals surface area (Å²) >= 11 is 0. The smallest absolute Gasteiger partial charge is 0.237 e. The van der Waals surface area contributed by atoms with Crippen LogP contribution in [0.2, 0.25) is 0 Å². The molecule has 134 valence electrons. The van der Waals surface area contributed by atoms with Gasteiger partial charge in [0.2, 0.25) is 5.91 Å². The van der Waals surface area contributed by atoms with E-state index in [9.17, 15) is 13.2 Å². The third kappa shape index (κ3) is 4.94. The second-order valence-corrected chi connectivity index (χ2v) is 8.84. The first kappa shape index (κ1) is 19.2. The highest BCUT2D eigenvalue weighted by Crippen LogP contribution is 2.26. The largest absolute Gasteiger partial charge is 0.341 e. The van der Waals surface area contributed by atoms with Crippen molar-refractivity contribution in [1.29, 1.82) is 0 Å². The number of amides is 1. The van der Waals surface area contributed by atoms with Gasteiger partial charge in [-0.05, 0) is 30.2 Å². The van der Waals surface area contributed by atoms with E-state index < -0.39 is 9.84 Å². The van der Waals surface area contributed by atoms with E-state index in [0.29, 0.717) is 31.3 Å². The highest BCUT2D eigenvalue weighted by atomic mass is 35.5. The lowest BCUT2D eigenvalue weighted by molar-refractivity contribution is -0.127. The van der Waals surface area contributed by atoms with Crippen molar-refractivity contribution in [1.82, 2.24) is 10.2 Å². The molecule has 2 atom stereocenters. The van der Waals surface area contributed by atoms with E-state index in [1.807, 2.05) is 30.3 Å². The Balaban J connectivity index is 0.00000208. The second-order valence-electron chi connectivity index (χ2n) is 6.66. The molecule has 2 heterocycles. The van der Waals surface area contributed by atoms with Crippen LogP contribution in [0, 0.1) is 11.8 Å². The molecular weight excluding hydrogens is 348 g/mol. The first-order valence-electron chi connectivity index (χ1n) is 8.26. The zero-order valence-electron chi connectivity index (χ0n) is 13.7. The lowest BCUT2D eigenvalue weighted by atomic mass is 10.0. The van der Waals surface area contributed by atoms with Crippen molar-refractivity contribution >= 4 is 28.2 Å². The van der Waals surface area contributed by atoms with Crippen LogP contribution < -0.4 is 5.32 Å². The van der Waals surface area contributed by atoms with E-state index >= 15 is 0 Å².